The minimum absolute atomic E-state index is 0.0634. The van der Waals surface area contributed by atoms with Crippen molar-refractivity contribution in [2.45, 2.75) is 52.0 Å². The fourth-order valence-electron chi connectivity index (χ4n) is 3.58. The molecule has 1 aliphatic carbocycles. The van der Waals surface area contributed by atoms with E-state index in [9.17, 15) is 9.59 Å². The number of nitrogens with one attached hydrogen (secondary N) is 2. The van der Waals surface area contributed by atoms with Crippen LogP contribution >= 0.6 is 0 Å². The zero-order valence-electron chi connectivity index (χ0n) is 17.0. The molecule has 2 amide bonds. The van der Waals surface area contributed by atoms with Crippen LogP contribution in [-0.2, 0) is 11.2 Å². The van der Waals surface area contributed by atoms with Gasteiger partial charge in [-0.15, -0.1) is 0 Å². The molecule has 1 aromatic heterocycles. The molecule has 2 N–H and O–H groups in total. The summed E-state index contributed by atoms with van der Waals surface area (Å²) in [6.45, 7) is 6.41. The summed E-state index contributed by atoms with van der Waals surface area (Å²) in [7, 11) is 0. The van der Waals surface area contributed by atoms with Crippen LogP contribution in [0.25, 0.3) is 11.0 Å². The highest BCUT2D eigenvalue weighted by atomic mass is 16.3. The van der Waals surface area contributed by atoms with Gasteiger partial charge < -0.3 is 15.1 Å². The number of aryl methyl sites for hydroxylation is 1. The number of fused-ring (bicyclic) bond motifs is 1. The number of hydrogen-bond acceptors (Lipinski definition) is 3. The minimum atomic E-state index is -0.116. The zero-order chi connectivity index (χ0) is 20.5. The zero-order valence-corrected chi connectivity index (χ0v) is 17.0. The van der Waals surface area contributed by atoms with E-state index in [1.165, 1.54) is 11.1 Å². The molecule has 1 heterocycles. The van der Waals surface area contributed by atoms with E-state index in [2.05, 4.69) is 37.5 Å². The van der Waals surface area contributed by atoms with Crippen molar-refractivity contribution in [3.8, 4) is 0 Å². The first-order valence-electron chi connectivity index (χ1n) is 10.1. The maximum atomic E-state index is 12.5. The summed E-state index contributed by atoms with van der Waals surface area (Å²) < 4.78 is 5.67. The van der Waals surface area contributed by atoms with Crippen LogP contribution in [0.1, 0.15) is 59.7 Å². The van der Waals surface area contributed by atoms with E-state index < -0.39 is 0 Å². The molecule has 5 nitrogen and oxygen atoms in total. The van der Waals surface area contributed by atoms with E-state index in [-0.39, 0.29) is 18.2 Å². The predicted octanol–water partition coefficient (Wildman–Crippen LogP) is 4.94. The molecular weight excluding hydrogens is 364 g/mol. The lowest BCUT2D eigenvalue weighted by Crippen LogP contribution is -2.25. The van der Waals surface area contributed by atoms with Gasteiger partial charge in [-0.25, -0.2) is 0 Å². The molecule has 0 aliphatic heterocycles. The highest BCUT2D eigenvalue weighted by molar-refractivity contribution is 5.97. The van der Waals surface area contributed by atoms with Crippen LogP contribution in [0.3, 0.4) is 0 Å². The molecule has 1 saturated carbocycles. The van der Waals surface area contributed by atoms with Gasteiger partial charge in [-0.3, -0.25) is 9.59 Å². The van der Waals surface area contributed by atoms with Crippen LogP contribution in [0.4, 0.5) is 5.69 Å². The van der Waals surface area contributed by atoms with Crippen molar-refractivity contribution in [3.63, 3.8) is 0 Å². The van der Waals surface area contributed by atoms with Gasteiger partial charge in [0.25, 0.3) is 5.91 Å². The molecule has 0 radical (unpaired) electrons. The molecule has 5 heteroatoms. The molecule has 29 heavy (non-hydrogen) atoms. The summed E-state index contributed by atoms with van der Waals surface area (Å²) >= 11 is 0. The number of rotatable bonds is 6. The van der Waals surface area contributed by atoms with Crippen molar-refractivity contribution < 1.29 is 14.0 Å². The fraction of sp³-hybridized carbons (Fsp3) is 0.333. The topological polar surface area (TPSA) is 71.3 Å². The number of furan rings is 1. The fourth-order valence-corrected chi connectivity index (χ4v) is 3.58. The summed E-state index contributed by atoms with van der Waals surface area (Å²) in [5.74, 6) is 0.229. The number of carbonyl (C=O) groups is 2. The van der Waals surface area contributed by atoms with Crippen LogP contribution in [0.2, 0.25) is 0 Å². The average Bonchev–Trinajstić information content (AvgIpc) is 3.41. The first-order valence-corrected chi connectivity index (χ1v) is 10.1. The lowest BCUT2D eigenvalue weighted by atomic mass is 9.95. The van der Waals surface area contributed by atoms with Crippen molar-refractivity contribution in [3.05, 3.63) is 64.9 Å². The van der Waals surface area contributed by atoms with Gasteiger partial charge in [0.15, 0.2) is 0 Å². The minimum Gasteiger partial charge on any atom is -0.464 e. The summed E-state index contributed by atoms with van der Waals surface area (Å²) in [5, 5.41) is 6.84. The van der Waals surface area contributed by atoms with Crippen LogP contribution in [0.5, 0.6) is 0 Å². The Kier molecular flexibility index (Phi) is 5.14. The second-order valence-electron chi connectivity index (χ2n) is 8.17. The monoisotopic (exact) mass is 390 g/mol. The number of benzene rings is 2. The van der Waals surface area contributed by atoms with Gasteiger partial charge in [0.05, 0.1) is 12.7 Å². The summed E-state index contributed by atoms with van der Waals surface area (Å²) in [4.78, 5) is 24.6. The predicted molar refractivity (Wildman–Crippen MR) is 114 cm³/mol. The highest BCUT2D eigenvalue weighted by Crippen LogP contribution is 2.29. The van der Waals surface area contributed by atoms with Crippen LogP contribution in [0.15, 0.2) is 47.1 Å². The molecule has 0 saturated heterocycles. The molecule has 0 bridgehead atoms. The third-order valence-electron chi connectivity index (χ3n) is 5.36. The Balaban J connectivity index is 1.44. The Labute approximate surface area is 170 Å². The van der Waals surface area contributed by atoms with Gasteiger partial charge in [0.2, 0.25) is 5.91 Å². The van der Waals surface area contributed by atoms with Crippen molar-refractivity contribution in [2.24, 2.45) is 0 Å². The van der Waals surface area contributed by atoms with Gasteiger partial charge in [-0.05, 0) is 73.2 Å². The number of anilines is 1. The van der Waals surface area contributed by atoms with Crippen molar-refractivity contribution in [1.29, 1.82) is 0 Å². The Morgan fingerprint density at radius 1 is 1.14 bits per heavy atom. The van der Waals surface area contributed by atoms with Crippen LogP contribution in [0, 0.1) is 6.92 Å². The lowest BCUT2D eigenvalue weighted by molar-refractivity contribution is -0.115. The third-order valence-corrected chi connectivity index (χ3v) is 5.36. The average molecular weight is 390 g/mol. The van der Waals surface area contributed by atoms with Crippen molar-refractivity contribution in [1.82, 2.24) is 5.32 Å². The molecule has 0 unspecified atom stereocenters. The molecule has 0 atom stereocenters. The first-order chi connectivity index (χ1) is 13.9. The van der Waals surface area contributed by atoms with Gasteiger partial charge in [0, 0.05) is 28.2 Å². The first kappa shape index (κ1) is 19.2. The smallest absolute Gasteiger partial charge is 0.251 e. The standard InChI is InChI=1S/C24H26N2O3/c1-14(2)20-12-21-17(13-29-22(21)10-15(20)3)11-23(27)25-18-6-4-16(5-7-18)24(28)26-19-8-9-19/h4-7,10,12-14,19H,8-9,11H2,1-3H3,(H,25,27)(H,26,28). The van der Waals surface area contributed by atoms with E-state index in [0.717, 1.165) is 29.4 Å². The number of carbonyl (C=O) groups excluding carboxylic acids is 2. The molecule has 1 fully saturated rings. The molecular formula is C24H26N2O3. The Morgan fingerprint density at radius 2 is 1.86 bits per heavy atom. The van der Waals surface area contributed by atoms with E-state index in [1.807, 2.05) is 6.07 Å². The van der Waals surface area contributed by atoms with E-state index in [4.69, 9.17) is 4.42 Å². The van der Waals surface area contributed by atoms with Gasteiger partial charge >= 0.3 is 0 Å². The highest BCUT2D eigenvalue weighted by Gasteiger charge is 2.23. The van der Waals surface area contributed by atoms with Gasteiger partial charge in [-0.1, -0.05) is 13.8 Å². The Bertz CT molecular complexity index is 1060. The molecule has 4 rings (SSSR count). The molecule has 2 aromatic carbocycles. The molecule has 3 aromatic rings. The Hall–Kier alpha value is -3.08. The molecule has 1 aliphatic rings. The summed E-state index contributed by atoms with van der Waals surface area (Å²) in [6, 6.07) is 11.5. The maximum absolute atomic E-state index is 12.5. The van der Waals surface area contributed by atoms with Crippen LogP contribution in [-0.4, -0.2) is 17.9 Å². The van der Waals surface area contributed by atoms with E-state index in [0.29, 0.717) is 23.2 Å². The number of amides is 2. The van der Waals surface area contributed by atoms with Crippen molar-refractivity contribution in [2.75, 3.05) is 5.32 Å². The van der Waals surface area contributed by atoms with Crippen molar-refractivity contribution >= 4 is 28.5 Å². The molecule has 0 spiro atoms. The maximum Gasteiger partial charge on any atom is 0.251 e. The van der Waals surface area contributed by atoms with E-state index >= 15 is 0 Å². The van der Waals surface area contributed by atoms with E-state index in [1.54, 1.807) is 30.5 Å². The Morgan fingerprint density at radius 3 is 2.52 bits per heavy atom. The number of hydrogen-bond donors (Lipinski definition) is 2. The van der Waals surface area contributed by atoms with Gasteiger partial charge in [0.1, 0.15) is 5.58 Å². The normalized spacial score (nSPS) is 13.7. The SMILES string of the molecule is Cc1cc2occ(CC(=O)Nc3ccc(C(=O)NC4CC4)cc3)c2cc1C(C)C. The quantitative estimate of drug-likeness (QED) is 0.626. The third kappa shape index (κ3) is 4.34. The van der Waals surface area contributed by atoms with Gasteiger partial charge in [-0.2, -0.15) is 0 Å². The second kappa shape index (κ2) is 7.74. The van der Waals surface area contributed by atoms with Crippen LogP contribution < -0.4 is 10.6 Å². The molecule has 150 valence electrons. The summed E-state index contributed by atoms with van der Waals surface area (Å²) in [6.07, 6.45) is 4.01. The lowest BCUT2D eigenvalue weighted by Gasteiger charge is -2.10. The largest absolute Gasteiger partial charge is 0.464 e. The second-order valence-corrected chi connectivity index (χ2v) is 8.17. The summed E-state index contributed by atoms with van der Waals surface area (Å²) in [5.41, 5.74) is 5.42.